The highest BCUT2D eigenvalue weighted by molar-refractivity contribution is 5.91. The van der Waals surface area contributed by atoms with E-state index in [1.165, 1.54) is 4.90 Å². The van der Waals surface area contributed by atoms with Gasteiger partial charge in [0.05, 0.1) is 6.54 Å². The van der Waals surface area contributed by atoms with E-state index in [9.17, 15) is 14.4 Å². The molecule has 2 aromatic rings. The van der Waals surface area contributed by atoms with Gasteiger partial charge in [-0.15, -0.1) is 0 Å². The van der Waals surface area contributed by atoms with Crippen LogP contribution in [0.1, 0.15) is 51.3 Å². The van der Waals surface area contributed by atoms with Crippen LogP contribution in [0.3, 0.4) is 0 Å². The Kier molecular flexibility index (Phi) is 7.51. The summed E-state index contributed by atoms with van der Waals surface area (Å²) in [4.78, 5) is 39.6. The van der Waals surface area contributed by atoms with Crippen molar-refractivity contribution in [1.82, 2.24) is 10.2 Å². The number of hydrogen-bond acceptors (Lipinski definition) is 4. The van der Waals surface area contributed by atoms with Crippen molar-refractivity contribution in [3.05, 3.63) is 65.7 Å². The molecule has 1 fully saturated rings. The average Bonchev–Trinajstić information content (AvgIpc) is 3.04. The molecule has 2 N–H and O–H groups in total. The largest absolute Gasteiger partial charge is 0.438 e. The molecule has 0 aromatic heterocycles. The molecule has 0 aliphatic carbocycles. The molecule has 2 unspecified atom stereocenters. The Morgan fingerprint density at radius 2 is 1.75 bits per heavy atom. The van der Waals surface area contributed by atoms with Crippen LogP contribution in [0.4, 0.5) is 10.5 Å². The minimum Gasteiger partial charge on any atom is -0.438 e. The number of hydrogen-bond donors (Lipinski definition) is 2. The van der Waals surface area contributed by atoms with Gasteiger partial charge in [0.1, 0.15) is 0 Å². The van der Waals surface area contributed by atoms with Gasteiger partial charge in [0, 0.05) is 18.2 Å². The number of nitrogens with zero attached hydrogens (tertiary/aromatic N) is 1. The second-order valence-electron chi connectivity index (χ2n) is 8.80. The fraction of sp³-hybridized carbons (Fsp3) is 0.400. The highest BCUT2D eigenvalue weighted by atomic mass is 16.6. The Morgan fingerprint density at radius 1 is 1.03 bits per heavy atom. The minimum atomic E-state index is -0.827. The summed E-state index contributed by atoms with van der Waals surface area (Å²) in [5.74, 6) is -0.119. The van der Waals surface area contributed by atoms with E-state index in [-0.39, 0.29) is 30.3 Å². The van der Waals surface area contributed by atoms with Crippen molar-refractivity contribution in [3.8, 4) is 0 Å². The van der Waals surface area contributed by atoms with E-state index in [2.05, 4.69) is 10.6 Å². The van der Waals surface area contributed by atoms with Crippen molar-refractivity contribution in [1.29, 1.82) is 0 Å². The summed E-state index contributed by atoms with van der Waals surface area (Å²) >= 11 is 0. The van der Waals surface area contributed by atoms with Crippen LogP contribution in [0.2, 0.25) is 0 Å². The number of ether oxygens (including phenoxy) is 1. The van der Waals surface area contributed by atoms with Gasteiger partial charge in [-0.25, -0.2) is 4.79 Å². The quantitative estimate of drug-likeness (QED) is 0.646. The average molecular weight is 438 g/mol. The molecule has 7 nitrogen and oxygen atoms in total. The van der Waals surface area contributed by atoms with Gasteiger partial charge in [0.25, 0.3) is 0 Å². The maximum atomic E-state index is 13.1. The number of anilines is 1. The summed E-state index contributed by atoms with van der Waals surface area (Å²) < 4.78 is 5.69. The van der Waals surface area contributed by atoms with Gasteiger partial charge in [0.15, 0.2) is 12.1 Å². The first-order chi connectivity index (χ1) is 15.2. The number of nitrogens with one attached hydrogen (secondary N) is 2. The van der Waals surface area contributed by atoms with Crippen LogP contribution in [-0.2, 0) is 20.9 Å². The summed E-state index contributed by atoms with van der Waals surface area (Å²) in [5, 5.41) is 5.79. The number of rotatable bonds is 8. The lowest BCUT2D eigenvalue weighted by Crippen LogP contribution is -2.48. The Labute approximate surface area is 189 Å². The molecule has 1 aliphatic heterocycles. The second kappa shape index (κ2) is 10.3. The number of carbonyl (C=O) groups is 3. The van der Waals surface area contributed by atoms with E-state index in [1.807, 2.05) is 58.0 Å². The summed E-state index contributed by atoms with van der Waals surface area (Å²) in [7, 11) is 0. The van der Waals surface area contributed by atoms with Crippen LogP contribution >= 0.6 is 0 Å². The Balaban J connectivity index is 1.88. The van der Waals surface area contributed by atoms with Gasteiger partial charge in [-0.2, -0.15) is 0 Å². The smallest absolute Gasteiger partial charge is 0.411 e. The van der Waals surface area contributed by atoms with Crippen LogP contribution in [0, 0.1) is 5.92 Å². The van der Waals surface area contributed by atoms with Gasteiger partial charge in [-0.3, -0.25) is 14.5 Å². The van der Waals surface area contributed by atoms with Gasteiger partial charge in [0.2, 0.25) is 11.8 Å². The van der Waals surface area contributed by atoms with Crippen molar-refractivity contribution in [2.45, 2.75) is 58.8 Å². The topological polar surface area (TPSA) is 87.7 Å². The molecule has 3 rings (SSSR count). The maximum absolute atomic E-state index is 13.1. The van der Waals surface area contributed by atoms with E-state index in [1.54, 1.807) is 24.3 Å². The predicted octanol–water partition coefficient (Wildman–Crippen LogP) is 4.26. The predicted molar refractivity (Wildman–Crippen MR) is 123 cm³/mol. The van der Waals surface area contributed by atoms with E-state index < -0.39 is 18.2 Å². The SMILES string of the molecule is CC(C)CC(=O)Nc1cccc(C2OC(=O)N(Cc3ccccc3)C2C(=O)NC(C)C)c1. The van der Waals surface area contributed by atoms with Gasteiger partial charge < -0.3 is 15.4 Å². The maximum Gasteiger partial charge on any atom is 0.411 e. The monoisotopic (exact) mass is 437 g/mol. The fourth-order valence-corrected chi connectivity index (χ4v) is 3.74. The first-order valence-corrected chi connectivity index (χ1v) is 11.0. The number of cyclic esters (lactones) is 1. The molecule has 1 aliphatic rings. The highest BCUT2D eigenvalue weighted by Gasteiger charge is 2.47. The van der Waals surface area contributed by atoms with Crippen LogP contribution in [0.5, 0.6) is 0 Å². The van der Waals surface area contributed by atoms with Gasteiger partial charge in [-0.1, -0.05) is 56.3 Å². The molecule has 170 valence electrons. The minimum absolute atomic E-state index is 0.0830. The first-order valence-electron chi connectivity index (χ1n) is 11.0. The van der Waals surface area contributed by atoms with Crippen molar-refractivity contribution in [2.75, 3.05) is 5.32 Å². The molecule has 0 spiro atoms. The molecule has 32 heavy (non-hydrogen) atoms. The zero-order valence-corrected chi connectivity index (χ0v) is 19.0. The molecule has 7 heteroatoms. The Hall–Kier alpha value is -3.35. The molecular formula is C25H31N3O4. The second-order valence-corrected chi connectivity index (χ2v) is 8.80. The molecule has 2 aromatic carbocycles. The number of carbonyl (C=O) groups excluding carboxylic acids is 3. The van der Waals surface area contributed by atoms with Crippen molar-refractivity contribution >= 4 is 23.6 Å². The normalized spacial score (nSPS) is 18.1. The van der Waals surface area contributed by atoms with Crippen LogP contribution in [0.25, 0.3) is 0 Å². The van der Waals surface area contributed by atoms with E-state index in [0.29, 0.717) is 17.7 Å². The third kappa shape index (κ3) is 5.87. The highest BCUT2D eigenvalue weighted by Crippen LogP contribution is 2.35. The lowest BCUT2D eigenvalue weighted by molar-refractivity contribution is -0.127. The van der Waals surface area contributed by atoms with Gasteiger partial charge in [-0.05, 0) is 43.0 Å². The van der Waals surface area contributed by atoms with Crippen LogP contribution in [0.15, 0.2) is 54.6 Å². The summed E-state index contributed by atoms with van der Waals surface area (Å²) in [6.45, 7) is 7.96. The third-order valence-corrected chi connectivity index (χ3v) is 5.07. The first kappa shape index (κ1) is 23.3. The van der Waals surface area contributed by atoms with Crippen LogP contribution < -0.4 is 10.6 Å². The Morgan fingerprint density at radius 3 is 2.41 bits per heavy atom. The van der Waals surface area contributed by atoms with E-state index in [0.717, 1.165) is 5.56 Å². The Bertz CT molecular complexity index is 959. The number of amides is 3. The molecule has 0 bridgehead atoms. The van der Waals surface area contributed by atoms with Crippen molar-refractivity contribution in [2.24, 2.45) is 5.92 Å². The molecule has 3 amide bonds. The zero-order valence-electron chi connectivity index (χ0n) is 19.0. The molecule has 1 heterocycles. The summed E-state index contributed by atoms with van der Waals surface area (Å²) in [5.41, 5.74) is 2.16. The van der Waals surface area contributed by atoms with Gasteiger partial charge >= 0.3 is 6.09 Å². The molecular weight excluding hydrogens is 406 g/mol. The summed E-state index contributed by atoms with van der Waals surface area (Å²) in [6, 6.07) is 15.7. The lowest BCUT2D eigenvalue weighted by atomic mass is 9.99. The lowest BCUT2D eigenvalue weighted by Gasteiger charge is -2.25. The summed E-state index contributed by atoms with van der Waals surface area (Å²) in [6.07, 6.45) is -0.920. The molecule has 2 atom stereocenters. The third-order valence-electron chi connectivity index (χ3n) is 5.07. The van der Waals surface area contributed by atoms with E-state index >= 15 is 0 Å². The van der Waals surface area contributed by atoms with Crippen molar-refractivity contribution in [3.63, 3.8) is 0 Å². The standard InChI is InChI=1S/C25H31N3O4/c1-16(2)13-21(29)27-20-12-8-11-19(14-20)23-22(24(30)26-17(3)4)28(25(31)32-23)15-18-9-6-5-7-10-18/h5-12,14,16-17,22-23H,13,15H2,1-4H3,(H,26,30)(H,27,29). The molecule has 1 saturated heterocycles. The number of benzene rings is 2. The van der Waals surface area contributed by atoms with E-state index in [4.69, 9.17) is 4.74 Å². The fourth-order valence-electron chi connectivity index (χ4n) is 3.74. The molecule has 0 saturated carbocycles. The van der Waals surface area contributed by atoms with Crippen LogP contribution in [-0.4, -0.2) is 34.9 Å². The molecule has 0 radical (unpaired) electrons. The van der Waals surface area contributed by atoms with Crippen molar-refractivity contribution < 1.29 is 19.1 Å². The zero-order chi connectivity index (χ0) is 23.3.